The number of fused-ring (bicyclic) bond motifs is 2. The van der Waals surface area contributed by atoms with Crippen LogP contribution in [0.15, 0.2) is 18.2 Å². The standard InChI is InChI=1S/C21H32N2O3/c1-4-5-10-26-17-9-8-14(12-18(17)25-3)13(2)23-21(24)19-15-6-7-16(11-15)20(19)22/h8-9,12-13,15-16,19-20H,4-7,10-11,22H2,1-3H3,(H,23,24). The van der Waals surface area contributed by atoms with Gasteiger partial charge in [-0.2, -0.15) is 0 Å². The van der Waals surface area contributed by atoms with Crippen LogP contribution in [0.5, 0.6) is 11.5 Å². The summed E-state index contributed by atoms with van der Waals surface area (Å²) in [6, 6.07) is 5.80. The number of unbranched alkanes of at least 4 members (excludes halogenated alkanes) is 1. The maximum atomic E-state index is 12.8. The third kappa shape index (κ3) is 3.83. The minimum atomic E-state index is -0.0904. The Morgan fingerprint density at radius 1 is 1.31 bits per heavy atom. The van der Waals surface area contributed by atoms with Crippen LogP contribution in [0, 0.1) is 17.8 Å². The van der Waals surface area contributed by atoms with Gasteiger partial charge in [0.25, 0.3) is 0 Å². The molecule has 26 heavy (non-hydrogen) atoms. The van der Waals surface area contributed by atoms with Gasteiger partial charge in [-0.25, -0.2) is 0 Å². The SMILES string of the molecule is CCCCOc1ccc(C(C)NC(=O)C2C3CCC(C3)C2N)cc1OC. The number of rotatable bonds is 8. The van der Waals surface area contributed by atoms with E-state index in [-0.39, 0.29) is 23.9 Å². The van der Waals surface area contributed by atoms with Crippen molar-refractivity contribution in [2.45, 2.75) is 58.0 Å². The number of methoxy groups -OCH3 is 1. The summed E-state index contributed by atoms with van der Waals surface area (Å²) < 4.78 is 11.3. The molecule has 2 bridgehead atoms. The lowest BCUT2D eigenvalue weighted by Gasteiger charge is -2.28. The van der Waals surface area contributed by atoms with Crippen LogP contribution < -0.4 is 20.5 Å². The molecular formula is C21H32N2O3. The van der Waals surface area contributed by atoms with Crippen LogP contribution in [-0.4, -0.2) is 25.7 Å². The Balaban J connectivity index is 1.64. The quantitative estimate of drug-likeness (QED) is 0.697. The summed E-state index contributed by atoms with van der Waals surface area (Å²) >= 11 is 0. The van der Waals surface area contributed by atoms with Gasteiger partial charge in [-0.05, 0) is 62.1 Å². The number of benzene rings is 1. The molecule has 1 aromatic carbocycles. The van der Waals surface area contributed by atoms with E-state index in [0.717, 1.165) is 37.0 Å². The van der Waals surface area contributed by atoms with Gasteiger partial charge >= 0.3 is 0 Å². The van der Waals surface area contributed by atoms with Crippen molar-refractivity contribution in [1.29, 1.82) is 0 Å². The van der Waals surface area contributed by atoms with E-state index in [9.17, 15) is 4.79 Å². The first-order chi connectivity index (χ1) is 12.5. The normalized spacial score (nSPS) is 28.0. The first kappa shape index (κ1) is 19.0. The molecule has 5 atom stereocenters. The largest absolute Gasteiger partial charge is 0.493 e. The van der Waals surface area contributed by atoms with Crippen molar-refractivity contribution >= 4 is 5.91 Å². The minimum absolute atomic E-state index is 0.0184. The second-order valence-electron chi connectivity index (χ2n) is 7.78. The molecule has 0 spiro atoms. The van der Waals surface area contributed by atoms with Gasteiger partial charge < -0.3 is 20.5 Å². The van der Waals surface area contributed by atoms with Gasteiger partial charge in [0.1, 0.15) is 0 Å². The van der Waals surface area contributed by atoms with Gasteiger partial charge in [-0.15, -0.1) is 0 Å². The Morgan fingerprint density at radius 3 is 2.73 bits per heavy atom. The van der Waals surface area contributed by atoms with Gasteiger partial charge in [0.15, 0.2) is 11.5 Å². The number of nitrogens with two attached hydrogens (primary N) is 1. The molecular weight excluding hydrogens is 328 g/mol. The van der Waals surface area contributed by atoms with Crippen LogP contribution in [0.2, 0.25) is 0 Å². The number of nitrogens with one attached hydrogen (secondary N) is 1. The van der Waals surface area contributed by atoms with Crippen molar-refractivity contribution in [2.24, 2.45) is 23.5 Å². The Morgan fingerprint density at radius 2 is 2.08 bits per heavy atom. The van der Waals surface area contributed by atoms with E-state index in [1.54, 1.807) is 7.11 Å². The van der Waals surface area contributed by atoms with Crippen molar-refractivity contribution < 1.29 is 14.3 Å². The monoisotopic (exact) mass is 360 g/mol. The zero-order chi connectivity index (χ0) is 18.7. The van der Waals surface area contributed by atoms with Gasteiger partial charge in [0.05, 0.1) is 25.7 Å². The van der Waals surface area contributed by atoms with E-state index in [2.05, 4.69) is 12.2 Å². The van der Waals surface area contributed by atoms with Crippen molar-refractivity contribution in [3.63, 3.8) is 0 Å². The Labute approximate surface area is 156 Å². The first-order valence-electron chi connectivity index (χ1n) is 9.91. The van der Waals surface area contributed by atoms with Crippen LogP contribution >= 0.6 is 0 Å². The van der Waals surface area contributed by atoms with E-state index in [0.29, 0.717) is 24.2 Å². The van der Waals surface area contributed by atoms with E-state index < -0.39 is 0 Å². The fraction of sp³-hybridized carbons (Fsp3) is 0.667. The second-order valence-corrected chi connectivity index (χ2v) is 7.78. The summed E-state index contributed by atoms with van der Waals surface area (Å²) in [6.45, 7) is 4.82. The number of hydrogen-bond acceptors (Lipinski definition) is 4. The summed E-state index contributed by atoms with van der Waals surface area (Å²) in [5.41, 5.74) is 7.31. The molecule has 0 heterocycles. The number of carbonyl (C=O) groups is 1. The summed E-state index contributed by atoms with van der Waals surface area (Å²) in [5, 5.41) is 3.16. The molecule has 3 N–H and O–H groups in total. The van der Waals surface area contributed by atoms with Crippen molar-refractivity contribution in [1.82, 2.24) is 5.32 Å². The third-order valence-corrected chi connectivity index (χ3v) is 6.09. The fourth-order valence-corrected chi connectivity index (χ4v) is 4.52. The molecule has 0 saturated heterocycles. The highest BCUT2D eigenvalue weighted by molar-refractivity contribution is 5.81. The highest BCUT2D eigenvalue weighted by atomic mass is 16.5. The van der Waals surface area contributed by atoms with Crippen molar-refractivity contribution in [3.05, 3.63) is 23.8 Å². The second kappa shape index (κ2) is 8.30. The molecule has 5 unspecified atom stereocenters. The summed E-state index contributed by atoms with van der Waals surface area (Å²) in [7, 11) is 1.64. The molecule has 2 saturated carbocycles. The molecule has 0 aromatic heterocycles. The molecule has 2 aliphatic rings. The lowest BCUT2D eigenvalue weighted by molar-refractivity contribution is -0.127. The van der Waals surface area contributed by atoms with Crippen LogP contribution in [0.1, 0.15) is 57.6 Å². The molecule has 5 nitrogen and oxygen atoms in total. The Hall–Kier alpha value is -1.75. The van der Waals surface area contributed by atoms with Gasteiger partial charge in [0, 0.05) is 6.04 Å². The topological polar surface area (TPSA) is 73.6 Å². The zero-order valence-corrected chi connectivity index (χ0v) is 16.2. The number of ether oxygens (including phenoxy) is 2. The van der Waals surface area contributed by atoms with Crippen LogP contribution in [0.3, 0.4) is 0 Å². The average Bonchev–Trinajstić information content (AvgIpc) is 3.23. The fourth-order valence-electron chi connectivity index (χ4n) is 4.52. The van der Waals surface area contributed by atoms with E-state index >= 15 is 0 Å². The van der Waals surface area contributed by atoms with Crippen molar-refractivity contribution in [3.8, 4) is 11.5 Å². The van der Waals surface area contributed by atoms with Crippen LogP contribution in [-0.2, 0) is 4.79 Å². The Kier molecular flexibility index (Phi) is 6.07. The zero-order valence-electron chi connectivity index (χ0n) is 16.2. The number of amides is 1. The van der Waals surface area contributed by atoms with Gasteiger partial charge in [0.2, 0.25) is 5.91 Å². The number of carbonyl (C=O) groups excluding carboxylic acids is 1. The summed E-state index contributed by atoms with van der Waals surface area (Å²) in [4.78, 5) is 12.8. The smallest absolute Gasteiger partial charge is 0.225 e. The average molecular weight is 360 g/mol. The number of hydrogen-bond donors (Lipinski definition) is 2. The van der Waals surface area contributed by atoms with Gasteiger partial charge in [-0.3, -0.25) is 4.79 Å². The summed E-state index contributed by atoms with van der Waals surface area (Å²) in [6.07, 6.45) is 5.55. The highest BCUT2D eigenvalue weighted by Crippen LogP contribution is 2.47. The molecule has 3 rings (SSSR count). The predicted molar refractivity (Wildman–Crippen MR) is 102 cm³/mol. The highest BCUT2D eigenvalue weighted by Gasteiger charge is 2.49. The minimum Gasteiger partial charge on any atom is -0.493 e. The molecule has 5 heteroatoms. The van der Waals surface area contributed by atoms with E-state index in [1.807, 2.05) is 25.1 Å². The molecule has 2 aliphatic carbocycles. The predicted octanol–water partition coefficient (Wildman–Crippen LogP) is 3.42. The molecule has 0 radical (unpaired) electrons. The maximum Gasteiger partial charge on any atom is 0.225 e. The molecule has 1 amide bonds. The van der Waals surface area contributed by atoms with E-state index in [1.165, 1.54) is 6.42 Å². The molecule has 0 aliphatic heterocycles. The summed E-state index contributed by atoms with van der Waals surface area (Å²) in [5.74, 6) is 2.51. The van der Waals surface area contributed by atoms with Crippen LogP contribution in [0.25, 0.3) is 0 Å². The van der Waals surface area contributed by atoms with Crippen molar-refractivity contribution in [2.75, 3.05) is 13.7 Å². The Bertz CT molecular complexity index is 632. The van der Waals surface area contributed by atoms with Gasteiger partial charge in [-0.1, -0.05) is 19.4 Å². The lowest BCUT2D eigenvalue weighted by Crippen LogP contribution is -2.45. The first-order valence-corrected chi connectivity index (χ1v) is 9.91. The van der Waals surface area contributed by atoms with E-state index in [4.69, 9.17) is 15.2 Å². The third-order valence-electron chi connectivity index (χ3n) is 6.09. The molecule has 1 aromatic rings. The maximum absolute atomic E-state index is 12.8. The lowest BCUT2D eigenvalue weighted by atomic mass is 9.84. The molecule has 144 valence electrons. The molecule has 2 fully saturated rings. The van der Waals surface area contributed by atoms with Crippen LogP contribution in [0.4, 0.5) is 0 Å².